The van der Waals surface area contributed by atoms with E-state index in [4.69, 9.17) is 4.74 Å². The number of hydrogen-bond acceptors (Lipinski definition) is 3. The maximum atomic E-state index is 11.9. The SMILES string of the molecule is CC(/C=N\NC(=O)COc1cc(C(C)C)ccc1C)=C/c1ccccc1. The molecule has 0 unspecified atom stereocenters. The van der Waals surface area contributed by atoms with Crippen LogP contribution in [0.4, 0.5) is 0 Å². The molecular formula is C22H26N2O2. The van der Waals surface area contributed by atoms with Crippen molar-refractivity contribution in [3.8, 4) is 5.75 Å². The van der Waals surface area contributed by atoms with Crippen LogP contribution >= 0.6 is 0 Å². The Balaban J connectivity index is 1.86. The molecule has 2 rings (SSSR count). The first kappa shape index (κ1) is 19.4. The van der Waals surface area contributed by atoms with Crippen LogP contribution in [-0.2, 0) is 4.79 Å². The van der Waals surface area contributed by atoms with Gasteiger partial charge in [0, 0.05) is 0 Å². The van der Waals surface area contributed by atoms with Crippen LogP contribution in [0, 0.1) is 6.92 Å². The first-order chi connectivity index (χ1) is 12.5. The molecule has 0 aliphatic heterocycles. The van der Waals surface area contributed by atoms with Gasteiger partial charge in [0.2, 0.25) is 0 Å². The van der Waals surface area contributed by atoms with Gasteiger partial charge >= 0.3 is 0 Å². The number of hydrogen-bond donors (Lipinski definition) is 1. The Kier molecular flexibility index (Phi) is 7.15. The van der Waals surface area contributed by atoms with Gasteiger partial charge in [0.05, 0.1) is 6.21 Å². The summed E-state index contributed by atoms with van der Waals surface area (Å²) in [4.78, 5) is 11.9. The van der Waals surface area contributed by atoms with Crippen molar-refractivity contribution in [1.82, 2.24) is 5.43 Å². The van der Waals surface area contributed by atoms with Gasteiger partial charge in [-0.15, -0.1) is 0 Å². The first-order valence-corrected chi connectivity index (χ1v) is 8.74. The van der Waals surface area contributed by atoms with Crippen LogP contribution in [0.5, 0.6) is 5.75 Å². The molecule has 2 aromatic carbocycles. The van der Waals surface area contributed by atoms with Gasteiger partial charge in [-0.2, -0.15) is 5.10 Å². The Morgan fingerprint density at radius 3 is 2.62 bits per heavy atom. The smallest absolute Gasteiger partial charge is 0.277 e. The molecule has 0 atom stereocenters. The van der Waals surface area contributed by atoms with Crippen molar-refractivity contribution < 1.29 is 9.53 Å². The quantitative estimate of drug-likeness (QED) is 0.581. The minimum atomic E-state index is -0.289. The van der Waals surface area contributed by atoms with E-state index >= 15 is 0 Å². The van der Waals surface area contributed by atoms with E-state index in [2.05, 4.69) is 30.4 Å². The van der Waals surface area contributed by atoms with Crippen molar-refractivity contribution in [2.24, 2.45) is 5.10 Å². The topological polar surface area (TPSA) is 50.7 Å². The number of carbonyl (C=O) groups is 1. The molecule has 0 aliphatic carbocycles. The fraction of sp³-hybridized carbons (Fsp3) is 0.273. The lowest BCUT2D eigenvalue weighted by atomic mass is 10.0. The number of aryl methyl sites for hydroxylation is 1. The van der Waals surface area contributed by atoms with Crippen molar-refractivity contribution in [3.63, 3.8) is 0 Å². The molecule has 4 nitrogen and oxygen atoms in total. The number of hydrazone groups is 1. The van der Waals surface area contributed by atoms with Crippen molar-refractivity contribution in [1.29, 1.82) is 0 Å². The zero-order valence-corrected chi connectivity index (χ0v) is 15.8. The van der Waals surface area contributed by atoms with E-state index in [9.17, 15) is 4.79 Å². The fourth-order valence-electron chi connectivity index (χ4n) is 2.36. The van der Waals surface area contributed by atoms with E-state index in [1.807, 2.05) is 62.4 Å². The van der Waals surface area contributed by atoms with E-state index in [1.165, 1.54) is 5.56 Å². The average Bonchev–Trinajstić information content (AvgIpc) is 2.61. The maximum absolute atomic E-state index is 11.9. The maximum Gasteiger partial charge on any atom is 0.277 e. The third-order valence-corrected chi connectivity index (χ3v) is 3.89. The summed E-state index contributed by atoms with van der Waals surface area (Å²) in [5.74, 6) is 0.856. The highest BCUT2D eigenvalue weighted by Crippen LogP contribution is 2.24. The van der Waals surface area contributed by atoms with E-state index in [1.54, 1.807) is 6.21 Å². The van der Waals surface area contributed by atoms with Gasteiger partial charge in [-0.05, 0) is 48.1 Å². The summed E-state index contributed by atoms with van der Waals surface area (Å²) in [6.45, 7) is 8.08. The second kappa shape index (κ2) is 9.56. The molecule has 2 aromatic rings. The third-order valence-electron chi connectivity index (χ3n) is 3.89. The van der Waals surface area contributed by atoms with Crippen molar-refractivity contribution in [3.05, 3.63) is 70.8 Å². The van der Waals surface area contributed by atoms with E-state index in [0.717, 1.165) is 22.4 Å². The lowest BCUT2D eigenvalue weighted by Gasteiger charge is -2.12. The number of allylic oxidation sites excluding steroid dienone is 1. The molecule has 0 spiro atoms. The van der Waals surface area contributed by atoms with Crippen LogP contribution < -0.4 is 10.2 Å². The largest absolute Gasteiger partial charge is 0.483 e. The summed E-state index contributed by atoms with van der Waals surface area (Å²) in [5.41, 5.74) is 6.72. The molecule has 0 bridgehead atoms. The zero-order chi connectivity index (χ0) is 18.9. The standard InChI is InChI=1S/C22H26N2O2/c1-16(2)20-11-10-18(4)21(13-20)26-15-22(25)24-23-14-17(3)12-19-8-6-5-7-9-19/h5-14,16H,15H2,1-4H3,(H,24,25)/b17-12-,23-14-. The predicted octanol–water partition coefficient (Wildman–Crippen LogP) is 4.70. The van der Waals surface area contributed by atoms with Crippen LogP contribution in [0.25, 0.3) is 6.08 Å². The second-order valence-corrected chi connectivity index (χ2v) is 6.56. The molecule has 0 radical (unpaired) electrons. The Morgan fingerprint density at radius 2 is 1.92 bits per heavy atom. The first-order valence-electron chi connectivity index (χ1n) is 8.74. The molecule has 136 valence electrons. The highest BCUT2D eigenvalue weighted by atomic mass is 16.5. The lowest BCUT2D eigenvalue weighted by molar-refractivity contribution is -0.123. The molecule has 0 fully saturated rings. The van der Waals surface area contributed by atoms with Crippen LogP contribution in [0.2, 0.25) is 0 Å². The number of nitrogens with one attached hydrogen (secondary N) is 1. The van der Waals surface area contributed by atoms with Gasteiger partial charge in [-0.1, -0.05) is 62.4 Å². The fourth-order valence-corrected chi connectivity index (χ4v) is 2.36. The van der Waals surface area contributed by atoms with E-state index in [-0.39, 0.29) is 12.5 Å². The van der Waals surface area contributed by atoms with Crippen molar-refractivity contribution in [2.75, 3.05) is 6.61 Å². The number of carbonyl (C=O) groups excluding carboxylic acids is 1. The average molecular weight is 350 g/mol. The molecule has 0 saturated heterocycles. The Bertz CT molecular complexity index is 793. The van der Waals surface area contributed by atoms with Crippen LogP contribution in [0.1, 0.15) is 43.4 Å². The summed E-state index contributed by atoms with van der Waals surface area (Å²) in [6.07, 6.45) is 3.61. The summed E-state index contributed by atoms with van der Waals surface area (Å²) in [6, 6.07) is 16.0. The normalized spacial score (nSPS) is 11.8. The molecule has 0 aromatic heterocycles. The second-order valence-electron chi connectivity index (χ2n) is 6.56. The Labute approximate surface area is 155 Å². The number of rotatable bonds is 7. The van der Waals surface area contributed by atoms with Crippen LogP contribution in [0.3, 0.4) is 0 Å². The molecule has 0 aliphatic rings. The van der Waals surface area contributed by atoms with Gasteiger partial charge < -0.3 is 4.74 Å². The lowest BCUT2D eigenvalue weighted by Crippen LogP contribution is -2.24. The van der Waals surface area contributed by atoms with Gasteiger partial charge in [0.25, 0.3) is 5.91 Å². The molecular weight excluding hydrogens is 324 g/mol. The molecule has 1 amide bonds. The highest BCUT2D eigenvalue weighted by Gasteiger charge is 2.07. The summed E-state index contributed by atoms with van der Waals surface area (Å²) in [7, 11) is 0. The summed E-state index contributed by atoms with van der Waals surface area (Å²) < 4.78 is 5.64. The van der Waals surface area contributed by atoms with Gasteiger partial charge in [-0.25, -0.2) is 5.43 Å². The third kappa shape index (κ3) is 6.20. The van der Waals surface area contributed by atoms with Crippen molar-refractivity contribution >= 4 is 18.2 Å². The summed E-state index contributed by atoms with van der Waals surface area (Å²) in [5, 5.41) is 3.98. The van der Waals surface area contributed by atoms with Crippen LogP contribution in [-0.4, -0.2) is 18.7 Å². The van der Waals surface area contributed by atoms with E-state index < -0.39 is 0 Å². The monoisotopic (exact) mass is 350 g/mol. The highest BCUT2D eigenvalue weighted by molar-refractivity contribution is 5.86. The number of benzene rings is 2. The minimum Gasteiger partial charge on any atom is -0.483 e. The number of ether oxygens (including phenoxy) is 1. The van der Waals surface area contributed by atoms with Gasteiger partial charge in [0.15, 0.2) is 6.61 Å². The Morgan fingerprint density at radius 1 is 1.19 bits per heavy atom. The molecule has 4 heteroatoms. The molecule has 26 heavy (non-hydrogen) atoms. The van der Waals surface area contributed by atoms with E-state index in [0.29, 0.717) is 5.92 Å². The predicted molar refractivity (Wildman–Crippen MR) is 107 cm³/mol. The number of nitrogens with zero attached hydrogens (tertiary/aromatic N) is 1. The Hall–Kier alpha value is -2.88. The minimum absolute atomic E-state index is 0.0683. The van der Waals surface area contributed by atoms with Crippen LogP contribution in [0.15, 0.2) is 59.2 Å². The summed E-state index contributed by atoms with van der Waals surface area (Å²) >= 11 is 0. The molecule has 0 saturated carbocycles. The molecule has 1 N–H and O–H groups in total. The van der Waals surface area contributed by atoms with Crippen molar-refractivity contribution in [2.45, 2.75) is 33.6 Å². The van der Waals surface area contributed by atoms with Gasteiger partial charge in [0.1, 0.15) is 5.75 Å². The zero-order valence-electron chi connectivity index (χ0n) is 15.8. The van der Waals surface area contributed by atoms with Gasteiger partial charge in [-0.3, -0.25) is 4.79 Å². The molecule has 0 heterocycles. The number of amides is 1.